The molecule has 2 N–H and O–H groups in total. The van der Waals surface area contributed by atoms with Crippen LogP contribution in [0.25, 0.3) is 10.6 Å². The predicted octanol–water partition coefficient (Wildman–Crippen LogP) is 3.41. The number of hydrogen-bond acceptors (Lipinski definition) is 6. The van der Waals surface area contributed by atoms with Crippen molar-refractivity contribution in [3.8, 4) is 22.1 Å². The quantitative estimate of drug-likeness (QED) is 0.808. The van der Waals surface area contributed by atoms with E-state index in [0.717, 1.165) is 22.7 Å². The number of fused-ring (bicyclic) bond motifs is 1. The first-order chi connectivity index (χ1) is 12.0. The minimum Gasteiger partial charge on any atom is -0.454 e. The van der Waals surface area contributed by atoms with E-state index in [0.29, 0.717) is 23.1 Å². The normalized spacial score (nSPS) is 13.4. The van der Waals surface area contributed by atoms with Gasteiger partial charge in [0.2, 0.25) is 6.79 Å². The number of hydrogen-bond donors (Lipinski definition) is 1. The molecule has 0 spiro atoms. The SMILES string of the molecule is CC(C)C(N)CCN(C)C(=O)c1cnc(-c2ccc3c(c2)OCO3)s1.Cl. The van der Waals surface area contributed by atoms with E-state index in [-0.39, 0.29) is 31.1 Å². The molecule has 1 aliphatic heterocycles. The van der Waals surface area contributed by atoms with Crippen LogP contribution in [0.2, 0.25) is 0 Å². The summed E-state index contributed by atoms with van der Waals surface area (Å²) in [5.41, 5.74) is 6.97. The van der Waals surface area contributed by atoms with Crippen molar-refractivity contribution < 1.29 is 14.3 Å². The summed E-state index contributed by atoms with van der Waals surface area (Å²) in [6, 6.07) is 5.77. The van der Waals surface area contributed by atoms with E-state index in [1.807, 2.05) is 18.2 Å². The Kier molecular flexibility index (Phi) is 6.86. The summed E-state index contributed by atoms with van der Waals surface area (Å²) in [5.74, 6) is 1.82. The number of carbonyl (C=O) groups is 1. The molecule has 6 nitrogen and oxygen atoms in total. The van der Waals surface area contributed by atoms with Gasteiger partial charge in [-0.1, -0.05) is 13.8 Å². The topological polar surface area (TPSA) is 77.7 Å². The van der Waals surface area contributed by atoms with Gasteiger partial charge in [-0.2, -0.15) is 0 Å². The van der Waals surface area contributed by atoms with Crippen LogP contribution in [0.1, 0.15) is 29.9 Å². The van der Waals surface area contributed by atoms with Gasteiger partial charge in [0.05, 0.1) is 6.20 Å². The van der Waals surface area contributed by atoms with Gasteiger partial charge < -0.3 is 20.1 Å². The van der Waals surface area contributed by atoms with E-state index in [1.165, 1.54) is 11.3 Å². The van der Waals surface area contributed by atoms with E-state index in [1.54, 1.807) is 18.1 Å². The van der Waals surface area contributed by atoms with Crippen molar-refractivity contribution in [3.05, 3.63) is 29.3 Å². The lowest BCUT2D eigenvalue weighted by Gasteiger charge is -2.20. The van der Waals surface area contributed by atoms with Gasteiger partial charge in [-0.15, -0.1) is 23.7 Å². The van der Waals surface area contributed by atoms with Crippen molar-refractivity contribution in [3.63, 3.8) is 0 Å². The molecule has 1 aromatic carbocycles. The lowest BCUT2D eigenvalue weighted by atomic mass is 10.0. The van der Waals surface area contributed by atoms with Crippen LogP contribution >= 0.6 is 23.7 Å². The third kappa shape index (κ3) is 4.47. The Labute approximate surface area is 163 Å². The van der Waals surface area contributed by atoms with Crippen molar-refractivity contribution in [1.29, 1.82) is 0 Å². The molecule has 1 amide bonds. The first-order valence-corrected chi connectivity index (χ1v) is 9.14. The average Bonchev–Trinajstić information content (AvgIpc) is 3.26. The summed E-state index contributed by atoms with van der Waals surface area (Å²) < 4.78 is 10.7. The molecule has 142 valence electrons. The van der Waals surface area contributed by atoms with Gasteiger partial charge in [-0.25, -0.2) is 4.98 Å². The highest BCUT2D eigenvalue weighted by molar-refractivity contribution is 7.16. The maximum atomic E-state index is 12.6. The largest absolute Gasteiger partial charge is 0.454 e. The zero-order chi connectivity index (χ0) is 18.0. The maximum Gasteiger partial charge on any atom is 0.265 e. The Hall–Kier alpha value is -1.83. The van der Waals surface area contributed by atoms with Gasteiger partial charge in [0.15, 0.2) is 11.5 Å². The van der Waals surface area contributed by atoms with Crippen LogP contribution in [-0.2, 0) is 0 Å². The van der Waals surface area contributed by atoms with E-state index < -0.39 is 0 Å². The van der Waals surface area contributed by atoms with Crippen molar-refractivity contribution in [2.75, 3.05) is 20.4 Å². The second kappa shape index (κ2) is 8.70. The third-order valence-electron chi connectivity index (χ3n) is 4.34. The standard InChI is InChI=1S/C18H23N3O3S.ClH/c1-11(2)13(19)6-7-21(3)18(22)16-9-20-17(25-16)12-4-5-14-15(8-12)24-10-23-14;/h4-5,8-9,11,13H,6-7,10,19H2,1-3H3;1H. The highest BCUT2D eigenvalue weighted by Gasteiger charge is 2.19. The Morgan fingerprint density at radius 1 is 1.35 bits per heavy atom. The molecule has 0 bridgehead atoms. The predicted molar refractivity (Wildman–Crippen MR) is 105 cm³/mol. The number of ether oxygens (including phenoxy) is 2. The van der Waals surface area contributed by atoms with E-state index >= 15 is 0 Å². The van der Waals surface area contributed by atoms with Crippen LogP contribution in [0.5, 0.6) is 11.5 Å². The number of rotatable bonds is 6. The molecule has 3 rings (SSSR count). The second-order valence-corrected chi connectivity index (χ2v) is 7.55. The van der Waals surface area contributed by atoms with Crippen LogP contribution < -0.4 is 15.2 Å². The lowest BCUT2D eigenvalue weighted by Crippen LogP contribution is -2.34. The Bertz CT molecular complexity index is 766. The number of carbonyl (C=O) groups excluding carboxylic acids is 1. The number of aromatic nitrogens is 1. The van der Waals surface area contributed by atoms with Crippen LogP contribution in [-0.4, -0.2) is 42.2 Å². The fourth-order valence-corrected chi connectivity index (χ4v) is 3.41. The van der Waals surface area contributed by atoms with Crippen LogP contribution in [0.15, 0.2) is 24.4 Å². The van der Waals surface area contributed by atoms with Crippen molar-refractivity contribution >= 4 is 29.7 Å². The van der Waals surface area contributed by atoms with Crippen molar-refractivity contribution in [1.82, 2.24) is 9.88 Å². The van der Waals surface area contributed by atoms with Crippen molar-refractivity contribution in [2.24, 2.45) is 11.7 Å². The molecule has 1 unspecified atom stereocenters. The molecule has 1 aliphatic rings. The summed E-state index contributed by atoms with van der Waals surface area (Å²) in [7, 11) is 1.80. The van der Waals surface area contributed by atoms with Crippen LogP contribution in [0.3, 0.4) is 0 Å². The number of benzene rings is 1. The molecule has 8 heteroatoms. The lowest BCUT2D eigenvalue weighted by molar-refractivity contribution is 0.0793. The molecular formula is C18H24ClN3O3S. The molecule has 0 aliphatic carbocycles. The Morgan fingerprint density at radius 3 is 2.81 bits per heavy atom. The molecule has 2 heterocycles. The number of amides is 1. The fraction of sp³-hybridized carbons (Fsp3) is 0.444. The summed E-state index contributed by atoms with van der Waals surface area (Å²) in [4.78, 5) is 19.3. The van der Waals surface area contributed by atoms with Gasteiger partial charge in [-0.05, 0) is 30.5 Å². The zero-order valence-electron chi connectivity index (χ0n) is 15.1. The van der Waals surface area contributed by atoms with Crippen molar-refractivity contribution in [2.45, 2.75) is 26.3 Å². The molecule has 2 aromatic rings. The Balaban J connectivity index is 0.00000243. The van der Waals surface area contributed by atoms with Gasteiger partial charge in [-0.3, -0.25) is 4.79 Å². The molecular weight excluding hydrogens is 374 g/mol. The van der Waals surface area contributed by atoms with Gasteiger partial charge in [0.1, 0.15) is 9.88 Å². The van der Waals surface area contributed by atoms with E-state index in [9.17, 15) is 4.79 Å². The monoisotopic (exact) mass is 397 g/mol. The molecule has 0 fully saturated rings. The smallest absolute Gasteiger partial charge is 0.265 e. The van der Waals surface area contributed by atoms with Gasteiger partial charge >= 0.3 is 0 Å². The zero-order valence-corrected chi connectivity index (χ0v) is 16.7. The highest BCUT2D eigenvalue weighted by Crippen LogP contribution is 2.37. The summed E-state index contributed by atoms with van der Waals surface area (Å²) in [5, 5.41) is 0.786. The van der Waals surface area contributed by atoms with Crippen LogP contribution in [0, 0.1) is 5.92 Å². The first kappa shape index (κ1) is 20.5. The molecule has 26 heavy (non-hydrogen) atoms. The average molecular weight is 398 g/mol. The fourth-order valence-electron chi connectivity index (χ4n) is 2.50. The molecule has 1 aromatic heterocycles. The van der Waals surface area contributed by atoms with Gasteiger partial charge in [0, 0.05) is 25.2 Å². The molecule has 1 atom stereocenters. The van der Waals surface area contributed by atoms with Crippen LogP contribution in [0.4, 0.5) is 0 Å². The summed E-state index contributed by atoms with van der Waals surface area (Å²) >= 11 is 1.38. The highest BCUT2D eigenvalue weighted by atomic mass is 35.5. The Morgan fingerprint density at radius 2 is 2.08 bits per heavy atom. The number of nitrogens with two attached hydrogens (primary N) is 1. The van der Waals surface area contributed by atoms with E-state index in [4.69, 9.17) is 15.2 Å². The first-order valence-electron chi connectivity index (χ1n) is 8.32. The number of halogens is 1. The van der Waals surface area contributed by atoms with Gasteiger partial charge in [0.25, 0.3) is 5.91 Å². The maximum absolute atomic E-state index is 12.6. The summed E-state index contributed by atoms with van der Waals surface area (Å²) in [6.45, 7) is 5.06. The summed E-state index contributed by atoms with van der Waals surface area (Å²) in [6.07, 6.45) is 2.42. The molecule has 0 radical (unpaired) electrons. The number of thiazole rings is 1. The number of nitrogens with zero attached hydrogens (tertiary/aromatic N) is 2. The molecule has 0 saturated carbocycles. The third-order valence-corrected chi connectivity index (χ3v) is 5.37. The minimum absolute atomic E-state index is 0. The minimum atomic E-state index is -0.0274. The van der Waals surface area contributed by atoms with E-state index in [2.05, 4.69) is 18.8 Å². The molecule has 0 saturated heterocycles. The second-order valence-electron chi connectivity index (χ2n) is 6.52.